The van der Waals surface area contributed by atoms with Gasteiger partial charge in [-0.25, -0.2) is 4.98 Å². The van der Waals surface area contributed by atoms with Crippen LogP contribution in [0.15, 0.2) is 12.3 Å². The van der Waals surface area contributed by atoms with Crippen LogP contribution in [0.4, 0.5) is 0 Å². The molecule has 0 unspecified atom stereocenters. The summed E-state index contributed by atoms with van der Waals surface area (Å²) in [7, 11) is 0. The molecule has 3 N–H and O–H groups in total. The van der Waals surface area contributed by atoms with Gasteiger partial charge in [-0.05, 0) is 33.3 Å². The van der Waals surface area contributed by atoms with Crippen LogP contribution in [0.25, 0.3) is 11.0 Å². The Kier molecular flexibility index (Phi) is 3.93. The van der Waals surface area contributed by atoms with Crippen LogP contribution < -0.4 is 5.32 Å². The summed E-state index contributed by atoms with van der Waals surface area (Å²) in [6, 6.07) is 1.73. The first-order valence-electron chi connectivity index (χ1n) is 6.63. The quantitative estimate of drug-likeness (QED) is 0.775. The third-order valence-corrected chi connectivity index (χ3v) is 3.28. The standard InChI is InChI=1S/C14H18N4O3/c1-8-10-6-9(7-15-12(10)18-17-8)13(21)16-14(2,3)5-4-11(19)20/h6-7H,4-5H2,1-3H3,(H,16,21)(H,19,20)(H,15,17,18). The predicted molar refractivity (Wildman–Crippen MR) is 77.0 cm³/mol. The van der Waals surface area contributed by atoms with Crippen molar-refractivity contribution in [3.8, 4) is 0 Å². The summed E-state index contributed by atoms with van der Waals surface area (Å²) in [5.74, 6) is -1.16. The molecule has 2 heterocycles. The molecule has 0 atom stereocenters. The Hall–Kier alpha value is -2.44. The Bertz CT molecular complexity index is 691. The fraction of sp³-hybridized carbons (Fsp3) is 0.429. The van der Waals surface area contributed by atoms with Gasteiger partial charge in [-0.2, -0.15) is 5.10 Å². The fourth-order valence-corrected chi connectivity index (χ4v) is 2.01. The smallest absolute Gasteiger partial charge is 0.303 e. The van der Waals surface area contributed by atoms with Gasteiger partial charge in [-0.3, -0.25) is 14.7 Å². The van der Waals surface area contributed by atoms with Crippen LogP contribution in [0.3, 0.4) is 0 Å². The highest BCUT2D eigenvalue weighted by Gasteiger charge is 2.22. The van der Waals surface area contributed by atoms with Gasteiger partial charge in [0.05, 0.1) is 5.56 Å². The van der Waals surface area contributed by atoms with E-state index in [4.69, 9.17) is 5.11 Å². The molecule has 7 nitrogen and oxygen atoms in total. The number of nitrogens with one attached hydrogen (secondary N) is 2. The normalized spacial score (nSPS) is 11.6. The van der Waals surface area contributed by atoms with E-state index < -0.39 is 11.5 Å². The van der Waals surface area contributed by atoms with E-state index in [1.54, 1.807) is 19.9 Å². The summed E-state index contributed by atoms with van der Waals surface area (Å²) in [5, 5.41) is 19.2. The van der Waals surface area contributed by atoms with E-state index >= 15 is 0 Å². The van der Waals surface area contributed by atoms with Crippen LogP contribution in [-0.4, -0.2) is 37.7 Å². The van der Waals surface area contributed by atoms with E-state index in [1.807, 2.05) is 6.92 Å². The molecule has 0 spiro atoms. The van der Waals surface area contributed by atoms with E-state index in [0.29, 0.717) is 17.6 Å². The summed E-state index contributed by atoms with van der Waals surface area (Å²) < 4.78 is 0. The zero-order valence-electron chi connectivity index (χ0n) is 12.2. The highest BCUT2D eigenvalue weighted by Crippen LogP contribution is 2.16. The number of aliphatic carboxylic acids is 1. The van der Waals surface area contributed by atoms with Crippen LogP contribution in [0.5, 0.6) is 0 Å². The van der Waals surface area contributed by atoms with E-state index in [9.17, 15) is 9.59 Å². The zero-order chi connectivity index (χ0) is 15.6. The monoisotopic (exact) mass is 290 g/mol. The summed E-state index contributed by atoms with van der Waals surface area (Å²) in [6.45, 7) is 5.45. The number of aromatic nitrogens is 3. The maximum absolute atomic E-state index is 12.3. The van der Waals surface area contributed by atoms with E-state index in [1.165, 1.54) is 6.20 Å². The average Bonchev–Trinajstić information content (AvgIpc) is 2.77. The lowest BCUT2D eigenvalue weighted by atomic mass is 9.98. The number of carboxylic acids is 1. The van der Waals surface area contributed by atoms with Gasteiger partial charge >= 0.3 is 5.97 Å². The third kappa shape index (κ3) is 3.56. The van der Waals surface area contributed by atoms with Crippen molar-refractivity contribution in [3.63, 3.8) is 0 Å². The second-order valence-corrected chi connectivity index (χ2v) is 5.68. The topological polar surface area (TPSA) is 108 Å². The molecule has 2 aromatic rings. The van der Waals surface area contributed by atoms with Crippen molar-refractivity contribution in [1.29, 1.82) is 0 Å². The number of carboxylic acid groups (broad SMARTS) is 1. The molecule has 1 amide bonds. The van der Waals surface area contributed by atoms with E-state index in [2.05, 4.69) is 20.5 Å². The van der Waals surface area contributed by atoms with Gasteiger partial charge in [-0.1, -0.05) is 0 Å². The first kappa shape index (κ1) is 15.0. The first-order chi connectivity index (χ1) is 9.78. The molecule has 0 bridgehead atoms. The number of hydrogen-bond donors (Lipinski definition) is 3. The zero-order valence-corrected chi connectivity index (χ0v) is 12.2. The molecule has 2 rings (SSSR count). The number of hydrogen-bond acceptors (Lipinski definition) is 4. The molecule has 0 radical (unpaired) electrons. The number of H-pyrrole nitrogens is 1. The third-order valence-electron chi connectivity index (χ3n) is 3.28. The molecular weight excluding hydrogens is 272 g/mol. The van der Waals surface area contributed by atoms with Crippen LogP contribution in [0, 0.1) is 6.92 Å². The highest BCUT2D eigenvalue weighted by atomic mass is 16.4. The minimum atomic E-state index is -0.880. The Labute approximate surface area is 121 Å². The minimum absolute atomic E-state index is 0.00536. The van der Waals surface area contributed by atoms with E-state index in [0.717, 1.165) is 11.1 Å². The molecular formula is C14H18N4O3. The van der Waals surface area contributed by atoms with Gasteiger partial charge in [-0.15, -0.1) is 0 Å². The van der Waals surface area contributed by atoms with Gasteiger partial charge < -0.3 is 10.4 Å². The number of pyridine rings is 1. The predicted octanol–water partition coefficient (Wildman–Crippen LogP) is 1.64. The Morgan fingerprint density at radius 3 is 2.81 bits per heavy atom. The number of nitrogens with zero attached hydrogens (tertiary/aromatic N) is 2. The largest absolute Gasteiger partial charge is 0.481 e. The molecule has 7 heteroatoms. The van der Waals surface area contributed by atoms with Crippen molar-refractivity contribution in [1.82, 2.24) is 20.5 Å². The Morgan fingerprint density at radius 2 is 2.14 bits per heavy atom. The van der Waals surface area contributed by atoms with E-state index in [-0.39, 0.29) is 12.3 Å². The number of aryl methyl sites for hydroxylation is 1. The van der Waals surface area contributed by atoms with Gasteiger partial charge in [0.25, 0.3) is 5.91 Å². The summed E-state index contributed by atoms with van der Waals surface area (Å²) in [6.07, 6.45) is 1.82. The first-order valence-corrected chi connectivity index (χ1v) is 6.63. The number of fused-ring (bicyclic) bond motifs is 1. The van der Waals surface area contributed by atoms with Gasteiger partial charge in [0.1, 0.15) is 0 Å². The van der Waals surface area contributed by atoms with Crippen LogP contribution in [0.1, 0.15) is 42.7 Å². The van der Waals surface area contributed by atoms with Crippen LogP contribution in [0.2, 0.25) is 0 Å². The molecule has 0 saturated heterocycles. The van der Waals surface area contributed by atoms with Crippen molar-refractivity contribution in [2.45, 2.75) is 39.2 Å². The molecule has 2 aromatic heterocycles. The van der Waals surface area contributed by atoms with Gasteiger partial charge in [0.15, 0.2) is 5.65 Å². The molecule has 0 aliphatic rings. The molecule has 0 fully saturated rings. The molecule has 21 heavy (non-hydrogen) atoms. The van der Waals surface area contributed by atoms with Gasteiger partial charge in [0.2, 0.25) is 0 Å². The number of carbonyl (C=O) groups excluding carboxylic acids is 1. The lowest BCUT2D eigenvalue weighted by molar-refractivity contribution is -0.137. The second kappa shape index (κ2) is 5.51. The van der Waals surface area contributed by atoms with Crippen molar-refractivity contribution >= 4 is 22.9 Å². The number of carbonyl (C=O) groups is 2. The summed E-state index contributed by atoms with van der Waals surface area (Å²) in [4.78, 5) is 27.0. The summed E-state index contributed by atoms with van der Waals surface area (Å²) in [5.41, 5.74) is 1.23. The SMILES string of the molecule is Cc1[nH]nc2ncc(C(=O)NC(C)(C)CCC(=O)O)cc12. The number of aromatic amines is 1. The minimum Gasteiger partial charge on any atom is -0.481 e. The lowest BCUT2D eigenvalue weighted by Crippen LogP contribution is -2.43. The van der Waals surface area contributed by atoms with Crippen molar-refractivity contribution in [3.05, 3.63) is 23.5 Å². The van der Waals surface area contributed by atoms with Crippen LogP contribution >= 0.6 is 0 Å². The molecule has 112 valence electrons. The molecule has 0 saturated carbocycles. The van der Waals surface area contributed by atoms with Gasteiger partial charge in [0, 0.05) is 29.2 Å². The highest BCUT2D eigenvalue weighted by molar-refractivity contribution is 5.97. The van der Waals surface area contributed by atoms with Crippen molar-refractivity contribution in [2.24, 2.45) is 0 Å². The number of rotatable bonds is 5. The van der Waals surface area contributed by atoms with Crippen molar-refractivity contribution < 1.29 is 14.7 Å². The molecule has 0 aliphatic heterocycles. The Morgan fingerprint density at radius 1 is 1.43 bits per heavy atom. The number of amides is 1. The summed E-state index contributed by atoms with van der Waals surface area (Å²) >= 11 is 0. The second-order valence-electron chi connectivity index (χ2n) is 5.68. The van der Waals surface area contributed by atoms with Crippen molar-refractivity contribution in [2.75, 3.05) is 0 Å². The maximum atomic E-state index is 12.3. The fourth-order valence-electron chi connectivity index (χ4n) is 2.01. The molecule has 0 aliphatic carbocycles. The molecule has 0 aromatic carbocycles. The Balaban J connectivity index is 2.14. The lowest BCUT2D eigenvalue weighted by Gasteiger charge is -2.25. The average molecular weight is 290 g/mol. The van der Waals surface area contributed by atoms with Crippen LogP contribution in [-0.2, 0) is 4.79 Å². The maximum Gasteiger partial charge on any atom is 0.303 e.